The average Bonchev–Trinajstić information content (AvgIpc) is 2.47. The van der Waals surface area contributed by atoms with Gasteiger partial charge in [0.2, 0.25) is 0 Å². The van der Waals surface area contributed by atoms with Crippen LogP contribution in [-0.2, 0) is 6.18 Å². The van der Waals surface area contributed by atoms with E-state index in [9.17, 15) is 23.1 Å². The van der Waals surface area contributed by atoms with Crippen molar-refractivity contribution in [2.45, 2.75) is 6.18 Å². The van der Waals surface area contributed by atoms with Crippen molar-refractivity contribution in [3.05, 3.63) is 59.7 Å². The monoisotopic (exact) mass is 306 g/mol. The van der Waals surface area contributed by atoms with Crippen LogP contribution in [0.4, 0.5) is 29.3 Å². The van der Waals surface area contributed by atoms with Crippen LogP contribution in [-0.4, -0.2) is 11.2 Å². The maximum atomic E-state index is 13.0. The summed E-state index contributed by atoms with van der Waals surface area (Å²) in [6, 6.07) is 11.9. The van der Waals surface area contributed by atoms with Crippen molar-refractivity contribution in [3.8, 4) is 6.07 Å². The van der Waals surface area contributed by atoms with Gasteiger partial charge < -0.3 is 5.11 Å². The highest BCUT2D eigenvalue weighted by molar-refractivity contribution is 5.94. The fourth-order valence-corrected chi connectivity index (χ4v) is 1.95. The van der Waals surface area contributed by atoms with E-state index in [4.69, 9.17) is 5.26 Å². The maximum absolute atomic E-state index is 13.0. The molecule has 0 spiro atoms. The zero-order valence-electron chi connectivity index (χ0n) is 11.0. The lowest BCUT2D eigenvalue weighted by molar-refractivity contribution is -0.137. The molecule has 1 N–H and O–H groups in total. The van der Waals surface area contributed by atoms with Gasteiger partial charge in [0.05, 0.1) is 28.6 Å². The zero-order valence-corrected chi connectivity index (χ0v) is 11.0. The van der Waals surface area contributed by atoms with E-state index < -0.39 is 23.4 Å². The summed E-state index contributed by atoms with van der Waals surface area (Å²) < 4.78 is 38.9. The molecule has 1 amide bonds. The van der Waals surface area contributed by atoms with Crippen molar-refractivity contribution in [1.29, 1.82) is 5.26 Å². The number of benzene rings is 2. The summed E-state index contributed by atoms with van der Waals surface area (Å²) in [5.41, 5.74) is -1.72. The van der Waals surface area contributed by atoms with Crippen LogP contribution in [0.2, 0.25) is 0 Å². The van der Waals surface area contributed by atoms with Gasteiger partial charge >= 0.3 is 12.3 Å². The first kappa shape index (κ1) is 15.4. The van der Waals surface area contributed by atoms with Crippen molar-refractivity contribution in [3.63, 3.8) is 0 Å². The molecule has 0 unspecified atom stereocenters. The van der Waals surface area contributed by atoms with Gasteiger partial charge in [-0.1, -0.05) is 18.2 Å². The fraction of sp³-hybridized carbons (Fsp3) is 0.0667. The third-order valence-corrected chi connectivity index (χ3v) is 2.89. The van der Waals surface area contributed by atoms with Gasteiger partial charge in [0.1, 0.15) is 0 Å². The molecule has 7 heteroatoms. The molecular formula is C15H9F3N2O2. The van der Waals surface area contributed by atoms with Gasteiger partial charge in [-0.15, -0.1) is 0 Å². The Morgan fingerprint density at radius 1 is 1.09 bits per heavy atom. The summed E-state index contributed by atoms with van der Waals surface area (Å²) in [7, 11) is 0. The van der Waals surface area contributed by atoms with E-state index in [1.165, 1.54) is 18.2 Å². The molecular weight excluding hydrogens is 297 g/mol. The molecule has 2 rings (SSSR count). The summed E-state index contributed by atoms with van der Waals surface area (Å²) in [5, 5.41) is 18.0. The first-order chi connectivity index (χ1) is 10.3. The predicted molar refractivity (Wildman–Crippen MR) is 72.8 cm³/mol. The number of carbonyl (C=O) groups is 1. The molecule has 112 valence electrons. The lowest BCUT2D eigenvalue weighted by Crippen LogP contribution is -2.24. The number of hydrogen-bond acceptors (Lipinski definition) is 2. The van der Waals surface area contributed by atoms with E-state index in [2.05, 4.69) is 0 Å². The SMILES string of the molecule is N#Cc1ccc(N(C(=O)O)c2ccccc2)cc1C(F)(F)F. The summed E-state index contributed by atoms with van der Waals surface area (Å²) in [5.74, 6) is 0. The predicted octanol–water partition coefficient (Wildman–Crippen LogP) is 4.39. The zero-order chi connectivity index (χ0) is 16.3. The number of nitriles is 1. The molecule has 22 heavy (non-hydrogen) atoms. The minimum Gasteiger partial charge on any atom is -0.464 e. The smallest absolute Gasteiger partial charge is 0.417 e. The molecule has 4 nitrogen and oxygen atoms in total. The normalized spacial score (nSPS) is 10.8. The van der Waals surface area contributed by atoms with Crippen LogP contribution in [0.25, 0.3) is 0 Å². The standard InChI is InChI=1S/C15H9F3N2O2/c16-15(17,18)13-8-12(7-6-10(13)9-19)20(14(21)22)11-4-2-1-3-5-11/h1-8H,(H,21,22). The second kappa shape index (κ2) is 5.77. The highest BCUT2D eigenvalue weighted by Crippen LogP contribution is 2.36. The summed E-state index contributed by atoms with van der Waals surface area (Å²) in [6.07, 6.45) is -6.17. The van der Waals surface area contributed by atoms with Crippen molar-refractivity contribution < 1.29 is 23.1 Å². The van der Waals surface area contributed by atoms with Crippen molar-refractivity contribution >= 4 is 17.5 Å². The van der Waals surface area contributed by atoms with Crippen LogP contribution in [0.15, 0.2) is 48.5 Å². The Balaban J connectivity index is 2.60. The third kappa shape index (κ3) is 3.01. The Bertz CT molecular complexity index is 737. The molecule has 0 aliphatic carbocycles. The molecule has 0 fully saturated rings. The summed E-state index contributed by atoms with van der Waals surface area (Å²) in [4.78, 5) is 12.1. The second-order valence-electron chi connectivity index (χ2n) is 4.29. The molecule has 0 radical (unpaired) electrons. The van der Waals surface area contributed by atoms with Gasteiger partial charge in [-0.2, -0.15) is 18.4 Å². The average molecular weight is 306 g/mol. The van der Waals surface area contributed by atoms with E-state index in [0.717, 1.165) is 17.0 Å². The van der Waals surface area contributed by atoms with Crippen LogP contribution in [0, 0.1) is 11.3 Å². The Morgan fingerprint density at radius 2 is 1.73 bits per heavy atom. The molecule has 0 saturated heterocycles. The van der Waals surface area contributed by atoms with E-state index in [1.54, 1.807) is 18.2 Å². The first-order valence-corrected chi connectivity index (χ1v) is 6.04. The number of anilines is 2. The molecule has 0 heterocycles. The largest absolute Gasteiger partial charge is 0.464 e. The first-order valence-electron chi connectivity index (χ1n) is 6.04. The second-order valence-corrected chi connectivity index (χ2v) is 4.29. The number of hydrogen-bond donors (Lipinski definition) is 1. The maximum Gasteiger partial charge on any atom is 0.417 e. The van der Waals surface area contributed by atoms with Gasteiger partial charge in [-0.25, -0.2) is 9.69 Å². The summed E-state index contributed by atoms with van der Waals surface area (Å²) in [6.45, 7) is 0. The third-order valence-electron chi connectivity index (χ3n) is 2.89. The molecule has 0 bridgehead atoms. The van der Waals surface area contributed by atoms with Gasteiger partial charge in [-0.05, 0) is 30.3 Å². The van der Waals surface area contributed by atoms with Gasteiger partial charge in [0.15, 0.2) is 0 Å². The van der Waals surface area contributed by atoms with Crippen molar-refractivity contribution in [1.82, 2.24) is 0 Å². The number of rotatable bonds is 2. The summed E-state index contributed by atoms with van der Waals surface area (Å²) >= 11 is 0. The minimum absolute atomic E-state index is 0.190. The van der Waals surface area contributed by atoms with Gasteiger partial charge in [-0.3, -0.25) is 0 Å². The van der Waals surface area contributed by atoms with E-state index in [-0.39, 0.29) is 11.4 Å². The van der Waals surface area contributed by atoms with Gasteiger partial charge in [0.25, 0.3) is 0 Å². The van der Waals surface area contributed by atoms with E-state index in [0.29, 0.717) is 6.07 Å². The van der Waals surface area contributed by atoms with Gasteiger partial charge in [0, 0.05) is 0 Å². The Kier molecular flexibility index (Phi) is 4.04. The highest BCUT2D eigenvalue weighted by atomic mass is 19.4. The molecule has 0 atom stereocenters. The van der Waals surface area contributed by atoms with Crippen LogP contribution in [0.3, 0.4) is 0 Å². The molecule has 0 saturated carbocycles. The van der Waals surface area contributed by atoms with Crippen LogP contribution in [0.1, 0.15) is 11.1 Å². The molecule has 0 aromatic heterocycles. The number of halogens is 3. The number of para-hydroxylation sites is 1. The quantitative estimate of drug-likeness (QED) is 0.894. The number of amides is 1. The Morgan fingerprint density at radius 3 is 2.23 bits per heavy atom. The molecule has 0 aliphatic heterocycles. The highest BCUT2D eigenvalue weighted by Gasteiger charge is 2.34. The van der Waals surface area contributed by atoms with Crippen molar-refractivity contribution in [2.24, 2.45) is 0 Å². The molecule has 2 aromatic rings. The number of carboxylic acid groups (broad SMARTS) is 1. The van der Waals surface area contributed by atoms with Crippen molar-refractivity contribution in [2.75, 3.05) is 4.90 Å². The fourth-order valence-electron chi connectivity index (χ4n) is 1.95. The number of alkyl halides is 3. The lowest BCUT2D eigenvalue weighted by atomic mass is 10.1. The minimum atomic E-state index is -4.75. The molecule has 2 aromatic carbocycles. The van der Waals surface area contributed by atoms with Crippen LogP contribution < -0.4 is 4.90 Å². The number of nitrogens with zero attached hydrogens (tertiary/aromatic N) is 2. The van der Waals surface area contributed by atoms with E-state index in [1.807, 2.05) is 0 Å². The Labute approximate surface area is 123 Å². The topological polar surface area (TPSA) is 64.3 Å². The van der Waals surface area contributed by atoms with Crippen LogP contribution >= 0.6 is 0 Å². The van der Waals surface area contributed by atoms with Crippen LogP contribution in [0.5, 0.6) is 0 Å². The molecule has 0 aliphatic rings. The Hall–Kier alpha value is -3.01. The van der Waals surface area contributed by atoms with E-state index >= 15 is 0 Å². The lowest BCUT2D eigenvalue weighted by Gasteiger charge is -2.21.